The first kappa shape index (κ1) is 16.4. The van der Waals surface area contributed by atoms with Gasteiger partial charge in [0.15, 0.2) is 0 Å². The number of halogens is 1. The molecule has 2 aliphatic carbocycles. The van der Waals surface area contributed by atoms with Gasteiger partial charge in [-0.15, -0.1) is 0 Å². The number of aromatic amines is 1. The highest BCUT2D eigenvalue weighted by molar-refractivity contribution is 5.99. The summed E-state index contributed by atoms with van der Waals surface area (Å²) in [6, 6.07) is 1.38. The third-order valence-corrected chi connectivity index (χ3v) is 6.04. The van der Waals surface area contributed by atoms with Crippen LogP contribution in [0, 0.1) is 11.2 Å². The van der Waals surface area contributed by atoms with Crippen LogP contribution in [0.3, 0.4) is 0 Å². The zero-order valence-corrected chi connectivity index (χ0v) is 14.4. The summed E-state index contributed by atoms with van der Waals surface area (Å²) >= 11 is 0. The number of H-pyrrole nitrogens is 1. The van der Waals surface area contributed by atoms with Crippen LogP contribution >= 0.6 is 0 Å². The lowest BCUT2D eigenvalue weighted by Crippen LogP contribution is -2.42. The normalized spacial score (nSPS) is 20.7. The molecular weight excluding hydrogens is 319 g/mol. The molecule has 2 heterocycles. The van der Waals surface area contributed by atoms with Gasteiger partial charge in [0.2, 0.25) is 0 Å². The number of rotatable bonds is 2. The van der Waals surface area contributed by atoms with Crippen molar-refractivity contribution >= 4 is 22.8 Å². The first-order valence-electron chi connectivity index (χ1n) is 9.34. The monoisotopic (exact) mass is 344 g/mol. The number of aromatic nitrogens is 2. The average molecular weight is 344 g/mol. The summed E-state index contributed by atoms with van der Waals surface area (Å²) in [7, 11) is 0. The van der Waals surface area contributed by atoms with Gasteiger partial charge < -0.3 is 15.6 Å². The van der Waals surface area contributed by atoms with E-state index in [9.17, 15) is 9.18 Å². The molecule has 0 bridgehead atoms. The molecule has 2 aliphatic rings. The van der Waals surface area contributed by atoms with E-state index in [-0.39, 0.29) is 12.1 Å². The lowest BCUT2D eigenvalue weighted by molar-refractivity contribution is 0.109. The molecule has 0 saturated heterocycles. The second-order valence-corrected chi connectivity index (χ2v) is 7.69. The van der Waals surface area contributed by atoms with Crippen LogP contribution in [-0.2, 0) is 0 Å². The maximum atomic E-state index is 13.4. The summed E-state index contributed by atoms with van der Waals surface area (Å²) in [6.07, 6.45) is 14.2. The summed E-state index contributed by atoms with van der Waals surface area (Å²) in [5.41, 5.74) is 1.67. The van der Waals surface area contributed by atoms with Crippen LogP contribution in [0.5, 0.6) is 0 Å². The van der Waals surface area contributed by atoms with Crippen molar-refractivity contribution in [2.24, 2.45) is 5.41 Å². The molecule has 1 spiro atoms. The third kappa shape index (κ3) is 3.48. The van der Waals surface area contributed by atoms with Crippen LogP contribution in [-0.4, -0.2) is 22.0 Å². The van der Waals surface area contributed by atoms with Crippen molar-refractivity contribution in [1.82, 2.24) is 15.3 Å². The summed E-state index contributed by atoms with van der Waals surface area (Å²) < 4.78 is 13.4. The van der Waals surface area contributed by atoms with Crippen LogP contribution in [0.2, 0.25) is 0 Å². The predicted octanol–water partition coefficient (Wildman–Crippen LogP) is 4.72. The van der Waals surface area contributed by atoms with Gasteiger partial charge in [-0.3, -0.25) is 0 Å². The molecule has 0 aromatic carbocycles. The van der Waals surface area contributed by atoms with Crippen molar-refractivity contribution in [2.75, 3.05) is 5.32 Å². The van der Waals surface area contributed by atoms with E-state index in [0.717, 1.165) is 19.0 Å². The molecule has 2 fully saturated rings. The summed E-state index contributed by atoms with van der Waals surface area (Å²) in [5, 5.41) is 6.49. The predicted molar refractivity (Wildman–Crippen MR) is 96.0 cm³/mol. The number of fused-ring (bicyclic) bond motifs is 1. The highest BCUT2D eigenvalue weighted by Gasteiger charge is 2.36. The molecule has 2 aromatic heterocycles. The quantitative estimate of drug-likeness (QED) is 0.738. The van der Waals surface area contributed by atoms with Gasteiger partial charge in [0.25, 0.3) is 0 Å². The molecule has 2 amide bonds. The lowest BCUT2D eigenvalue weighted by Gasteiger charge is -2.43. The Morgan fingerprint density at radius 1 is 1.20 bits per heavy atom. The maximum absolute atomic E-state index is 13.4. The Morgan fingerprint density at radius 3 is 2.72 bits per heavy atom. The first-order valence-corrected chi connectivity index (χ1v) is 9.34. The molecule has 2 aromatic rings. The summed E-state index contributed by atoms with van der Waals surface area (Å²) in [4.78, 5) is 19.2. The molecule has 25 heavy (non-hydrogen) atoms. The van der Waals surface area contributed by atoms with Crippen molar-refractivity contribution in [3.8, 4) is 0 Å². The zero-order valence-electron chi connectivity index (χ0n) is 14.4. The van der Waals surface area contributed by atoms with E-state index in [0.29, 0.717) is 22.1 Å². The van der Waals surface area contributed by atoms with Crippen molar-refractivity contribution in [3.05, 3.63) is 24.3 Å². The van der Waals surface area contributed by atoms with E-state index in [4.69, 9.17) is 0 Å². The van der Waals surface area contributed by atoms with Gasteiger partial charge >= 0.3 is 6.03 Å². The fourth-order valence-corrected chi connectivity index (χ4v) is 4.60. The van der Waals surface area contributed by atoms with Crippen molar-refractivity contribution in [3.63, 3.8) is 0 Å². The molecule has 2 saturated carbocycles. The number of pyridine rings is 1. The Bertz CT molecular complexity index is 756. The molecular formula is C19H25FN4O. The number of urea groups is 1. The standard InChI is InChI=1S/C19H25FN4O/c20-13-10-15-16(12-22-17(15)21-11-13)24-18(25)23-14-4-8-19(9-5-14)6-2-1-3-7-19/h10-12,14H,1-9H2,(H,21,22)(H2,23,24,25). The largest absolute Gasteiger partial charge is 0.344 e. The van der Waals surface area contributed by atoms with Crippen LogP contribution in [0.15, 0.2) is 18.5 Å². The number of hydrogen-bond donors (Lipinski definition) is 3. The number of carbonyl (C=O) groups excluding carboxylic acids is 1. The SMILES string of the molecule is O=C(Nc1c[nH]c2ncc(F)cc12)NC1CCC2(CCCCC2)CC1. The highest BCUT2D eigenvalue weighted by atomic mass is 19.1. The van der Waals surface area contributed by atoms with Crippen LogP contribution in [0.4, 0.5) is 14.9 Å². The van der Waals surface area contributed by atoms with Crippen LogP contribution in [0.25, 0.3) is 11.0 Å². The van der Waals surface area contributed by atoms with E-state index in [1.165, 1.54) is 51.0 Å². The Morgan fingerprint density at radius 2 is 1.96 bits per heavy atom. The van der Waals surface area contributed by atoms with Crippen molar-refractivity contribution in [1.29, 1.82) is 0 Å². The van der Waals surface area contributed by atoms with Crippen molar-refractivity contribution < 1.29 is 9.18 Å². The van der Waals surface area contributed by atoms with E-state index in [1.54, 1.807) is 6.20 Å². The summed E-state index contributed by atoms with van der Waals surface area (Å²) in [6.45, 7) is 0. The molecule has 3 N–H and O–H groups in total. The Balaban J connectivity index is 1.34. The molecule has 4 rings (SSSR count). The van der Waals surface area contributed by atoms with Crippen LogP contribution < -0.4 is 10.6 Å². The second-order valence-electron chi connectivity index (χ2n) is 7.69. The third-order valence-electron chi connectivity index (χ3n) is 6.04. The molecule has 0 aliphatic heterocycles. The Hall–Kier alpha value is -2.11. The number of carbonyl (C=O) groups is 1. The van der Waals surface area contributed by atoms with Crippen molar-refractivity contribution in [2.45, 2.75) is 63.8 Å². The Kier molecular flexibility index (Phi) is 4.36. The average Bonchev–Trinajstić information content (AvgIpc) is 3.00. The first-order chi connectivity index (χ1) is 12.1. The fraction of sp³-hybridized carbons (Fsp3) is 0.579. The van der Waals surface area contributed by atoms with Gasteiger partial charge in [0, 0.05) is 17.6 Å². The lowest BCUT2D eigenvalue weighted by atomic mass is 9.64. The minimum atomic E-state index is -0.416. The topological polar surface area (TPSA) is 69.8 Å². The van der Waals surface area contributed by atoms with Crippen LogP contribution in [0.1, 0.15) is 57.8 Å². The minimum Gasteiger partial charge on any atom is -0.344 e. The molecule has 0 radical (unpaired) electrons. The minimum absolute atomic E-state index is 0.227. The maximum Gasteiger partial charge on any atom is 0.319 e. The van der Waals surface area contributed by atoms with Gasteiger partial charge in [0.1, 0.15) is 11.5 Å². The van der Waals surface area contributed by atoms with Gasteiger partial charge in [-0.05, 0) is 50.0 Å². The molecule has 6 heteroatoms. The van der Waals surface area contributed by atoms with Gasteiger partial charge in [0.05, 0.1) is 11.9 Å². The smallest absolute Gasteiger partial charge is 0.319 e. The fourth-order valence-electron chi connectivity index (χ4n) is 4.60. The summed E-state index contributed by atoms with van der Waals surface area (Å²) in [5.74, 6) is -0.416. The van der Waals surface area contributed by atoms with Gasteiger partial charge in [-0.2, -0.15) is 0 Å². The number of hydrogen-bond acceptors (Lipinski definition) is 2. The number of nitrogens with one attached hydrogen (secondary N) is 3. The number of nitrogens with zero attached hydrogens (tertiary/aromatic N) is 1. The van der Waals surface area contributed by atoms with E-state index < -0.39 is 5.82 Å². The molecule has 0 unspecified atom stereocenters. The second kappa shape index (κ2) is 6.65. The van der Waals surface area contributed by atoms with E-state index in [2.05, 4.69) is 20.6 Å². The molecule has 0 atom stereocenters. The van der Waals surface area contributed by atoms with E-state index in [1.807, 2.05) is 0 Å². The van der Waals surface area contributed by atoms with E-state index >= 15 is 0 Å². The van der Waals surface area contributed by atoms with Gasteiger partial charge in [-0.25, -0.2) is 14.2 Å². The number of amides is 2. The molecule has 5 nitrogen and oxygen atoms in total. The highest BCUT2D eigenvalue weighted by Crippen LogP contribution is 2.47. The zero-order chi connectivity index (χ0) is 17.3. The van der Waals surface area contributed by atoms with Gasteiger partial charge in [-0.1, -0.05) is 19.3 Å². The Labute approximate surface area is 146 Å². The molecule has 134 valence electrons. The number of anilines is 1.